The lowest BCUT2D eigenvalue weighted by molar-refractivity contribution is 0.335. The van der Waals surface area contributed by atoms with Gasteiger partial charge in [-0.25, -0.2) is 0 Å². The second-order valence-corrected chi connectivity index (χ2v) is 13.8. The van der Waals surface area contributed by atoms with Gasteiger partial charge in [0.25, 0.3) is 0 Å². The smallest absolute Gasteiger partial charge is 0.0880 e. The Bertz CT molecular complexity index is 1620. The van der Waals surface area contributed by atoms with Crippen molar-refractivity contribution in [3.8, 4) is 11.3 Å². The Labute approximate surface area is 213 Å². The molecule has 0 unspecified atom stereocenters. The zero-order valence-electron chi connectivity index (χ0n) is 22.0. The van der Waals surface area contributed by atoms with Gasteiger partial charge in [-0.1, -0.05) is 84.9 Å². The zero-order chi connectivity index (χ0) is 24.8. The molecule has 0 radical (unpaired) electrons. The Morgan fingerprint density at radius 1 is 0.771 bits per heavy atom. The largest absolute Gasteiger partial charge is 0.255 e. The lowest BCUT2D eigenvalue weighted by atomic mass is 9.63. The molecule has 35 heavy (non-hydrogen) atoms. The molecule has 2 heterocycles. The van der Waals surface area contributed by atoms with Crippen molar-refractivity contribution < 1.29 is 0 Å². The second-order valence-electron chi connectivity index (χ2n) is 12.8. The number of fused-ring (bicyclic) bond motifs is 6. The van der Waals surface area contributed by atoms with Crippen LogP contribution in [0.3, 0.4) is 0 Å². The average molecular weight is 478 g/mol. The summed E-state index contributed by atoms with van der Waals surface area (Å²) in [5.74, 6) is 0. The standard InChI is InChI=1S/C33H35NS/c1-31(2,3)26-19-21(18-20-10-8-9-11-22(20)26)28-30-24(14-17-34-28)23-12-13-25-27(29(23)35-30)33(6,7)16-15-32(25,4)5/h8-14,17-19H,15-16H2,1-7H3. The first kappa shape index (κ1) is 22.7. The summed E-state index contributed by atoms with van der Waals surface area (Å²) in [6.45, 7) is 16.6. The van der Waals surface area contributed by atoms with Crippen LogP contribution in [0.1, 0.15) is 78.0 Å². The van der Waals surface area contributed by atoms with Gasteiger partial charge in [0.15, 0.2) is 0 Å². The molecule has 0 bridgehead atoms. The van der Waals surface area contributed by atoms with Gasteiger partial charge in [-0.15, -0.1) is 11.3 Å². The molecule has 0 saturated carbocycles. The van der Waals surface area contributed by atoms with Gasteiger partial charge < -0.3 is 0 Å². The molecule has 0 spiro atoms. The van der Waals surface area contributed by atoms with Crippen LogP contribution in [0.15, 0.2) is 60.8 Å². The summed E-state index contributed by atoms with van der Waals surface area (Å²) in [5, 5.41) is 5.35. The molecular weight excluding hydrogens is 442 g/mol. The van der Waals surface area contributed by atoms with Crippen molar-refractivity contribution in [2.45, 2.75) is 77.6 Å². The number of rotatable bonds is 1. The van der Waals surface area contributed by atoms with Gasteiger partial charge in [0.2, 0.25) is 0 Å². The van der Waals surface area contributed by atoms with E-state index < -0.39 is 0 Å². The molecule has 0 N–H and O–H groups in total. The molecule has 1 nitrogen and oxygen atoms in total. The van der Waals surface area contributed by atoms with E-state index in [9.17, 15) is 0 Å². The van der Waals surface area contributed by atoms with Gasteiger partial charge in [-0.3, -0.25) is 4.98 Å². The van der Waals surface area contributed by atoms with Crippen LogP contribution in [0.5, 0.6) is 0 Å². The predicted octanol–water partition coefficient (Wildman–Crippen LogP) is 9.92. The number of aromatic nitrogens is 1. The predicted molar refractivity (Wildman–Crippen MR) is 154 cm³/mol. The van der Waals surface area contributed by atoms with E-state index in [0.29, 0.717) is 0 Å². The normalized spacial score (nSPS) is 17.2. The minimum Gasteiger partial charge on any atom is -0.255 e. The number of benzene rings is 3. The number of pyridine rings is 1. The highest BCUT2D eigenvalue weighted by atomic mass is 32.1. The van der Waals surface area contributed by atoms with Crippen LogP contribution in [0.4, 0.5) is 0 Å². The third-order valence-electron chi connectivity index (χ3n) is 8.28. The van der Waals surface area contributed by atoms with E-state index in [1.165, 1.54) is 60.5 Å². The molecule has 1 aliphatic rings. The van der Waals surface area contributed by atoms with E-state index in [4.69, 9.17) is 4.98 Å². The van der Waals surface area contributed by atoms with Crippen LogP contribution in [-0.4, -0.2) is 4.98 Å². The van der Waals surface area contributed by atoms with E-state index in [2.05, 4.69) is 103 Å². The van der Waals surface area contributed by atoms with Crippen LogP contribution >= 0.6 is 11.3 Å². The third-order valence-corrected chi connectivity index (χ3v) is 9.53. The highest BCUT2D eigenvalue weighted by Crippen LogP contribution is 2.52. The highest BCUT2D eigenvalue weighted by Gasteiger charge is 2.38. The number of hydrogen-bond donors (Lipinski definition) is 0. The molecule has 0 saturated heterocycles. The monoisotopic (exact) mass is 477 g/mol. The summed E-state index contributed by atoms with van der Waals surface area (Å²) < 4.78 is 2.77. The maximum atomic E-state index is 4.99. The summed E-state index contributed by atoms with van der Waals surface area (Å²) in [6, 6.07) is 20.5. The third kappa shape index (κ3) is 3.44. The zero-order valence-corrected chi connectivity index (χ0v) is 22.9. The topological polar surface area (TPSA) is 12.9 Å². The van der Waals surface area contributed by atoms with Crippen molar-refractivity contribution in [3.05, 3.63) is 77.5 Å². The van der Waals surface area contributed by atoms with Crippen LogP contribution in [0.2, 0.25) is 0 Å². The minimum atomic E-state index is 0.0539. The van der Waals surface area contributed by atoms with E-state index in [-0.39, 0.29) is 16.2 Å². The fraction of sp³-hybridized carbons (Fsp3) is 0.364. The molecule has 0 atom stereocenters. The van der Waals surface area contributed by atoms with Crippen molar-refractivity contribution in [1.82, 2.24) is 4.98 Å². The summed E-state index contributed by atoms with van der Waals surface area (Å²) in [4.78, 5) is 4.99. The van der Waals surface area contributed by atoms with Gasteiger partial charge in [0.1, 0.15) is 0 Å². The first-order valence-corrected chi connectivity index (χ1v) is 13.7. The molecule has 0 amide bonds. The first-order chi connectivity index (χ1) is 16.5. The van der Waals surface area contributed by atoms with Crippen LogP contribution in [0, 0.1) is 0 Å². The molecule has 0 aliphatic heterocycles. The van der Waals surface area contributed by atoms with Gasteiger partial charge >= 0.3 is 0 Å². The fourth-order valence-corrected chi connectivity index (χ4v) is 7.70. The minimum absolute atomic E-state index is 0.0539. The van der Waals surface area contributed by atoms with Gasteiger partial charge in [-0.05, 0) is 74.7 Å². The van der Waals surface area contributed by atoms with Gasteiger partial charge in [-0.2, -0.15) is 0 Å². The van der Waals surface area contributed by atoms with Crippen molar-refractivity contribution in [3.63, 3.8) is 0 Å². The summed E-state index contributed by atoms with van der Waals surface area (Å²) in [7, 11) is 0. The van der Waals surface area contributed by atoms with Crippen LogP contribution < -0.4 is 0 Å². The Kier molecular flexibility index (Phi) is 4.81. The molecular formula is C33H35NS. The molecule has 1 aliphatic carbocycles. The average Bonchev–Trinajstić information content (AvgIpc) is 3.19. The van der Waals surface area contributed by atoms with Crippen LogP contribution in [0.25, 0.3) is 42.2 Å². The molecule has 3 aromatic carbocycles. The Morgan fingerprint density at radius 3 is 2.26 bits per heavy atom. The van der Waals surface area contributed by atoms with Crippen molar-refractivity contribution in [2.24, 2.45) is 0 Å². The number of hydrogen-bond acceptors (Lipinski definition) is 2. The highest BCUT2D eigenvalue weighted by molar-refractivity contribution is 7.26. The summed E-state index contributed by atoms with van der Waals surface area (Å²) in [5.41, 5.74) is 7.26. The SMILES string of the molecule is CC(C)(C)c1cc(-c2nccc3c2sc2c4c(ccc23)C(C)(C)CCC4(C)C)cc2ccccc12. The number of thiophene rings is 1. The van der Waals surface area contributed by atoms with E-state index in [1.54, 1.807) is 5.56 Å². The van der Waals surface area contributed by atoms with Crippen molar-refractivity contribution in [1.29, 1.82) is 0 Å². The van der Waals surface area contributed by atoms with Gasteiger partial charge in [0.05, 0.1) is 10.4 Å². The quantitative estimate of drug-likeness (QED) is 0.234. The Balaban J connectivity index is 1.68. The molecule has 6 rings (SSSR count). The second kappa shape index (κ2) is 7.40. The number of nitrogens with zero attached hydrogens (tertiary/aromatic N) is 1. The van der Waals surface area contributed by atoms with Crippen molar-refractivity contribution >= 4 is 42.3 Å². The van der Waals surface area contributed by atoms with E-state index in [1.807, 2.05) is 17.5 Å². The molecule has 178 valence electrons. The Morgan fingerprint density at radius 2 is 1.49 bits per heavy atom. The van der Waals surface area contributed by atoms with Crippen LogP contribution in [-0.2, 0) is 16.2 Å². The molecule has 2 heteroatoms. The first-order valence-electron chi connectivity index (χ1n) is 12.9. The van der Waals surface area contributed by atoms with E-state index in [0.717, 1.165) is 5.69 Å². The Hall–Kier alpha value is -2.71. The fourth-order valence-electron chi connectivity index (χ4n) is 6.16. The molecule has 2 aromatic heterocycles. The maximum Gasteiger partial charge on any atom is 0.0880 e. The van der Waals surface area contributed by atoms with Gasteiger partial charge in [0, 0.05) is 27.2 Å². The maximum absolute atomic E-state index is 4.99. The van der Waals surface area contributed by atoms with Crippen molar-refractivity contribution in [2.75, 3.05) is 0 Å². The molecule has 5 aromatic rings. The summed E-state index contributed by atoms with van der Waals surface area (Å²) >= 11 is 1.96. The lowest BCUT2D eigenvalue weighted by Gasteiger charge is -2.42. The van der Waals surface area contributed by atoms with E-state index >= 15 is 0 Å². The summed E-state index contributed by atoms with van der Waals surface area (Å²) in [6.07, 6.45) is 4.47. The molecule has 0 fully saturated rings. The lowest BCUT2D eigenvalue weighted by Crippen LogP contribution is -2.33.